The summed E-state index contributed by atoms with van der Waals surface area (Å²) in [5, 5.41) is 2.23. The number of allylic oxidation sites excluding steroid dienone is 2. The summed E-state index contributed by atoms with van der Waals surface area (Å²) in [4.78, 5) is 11.3. The van der Waals surface area contributed by atoms with Crippen molar-refractivity contribution in [1.29, 1.82) is 0 Å². The van der Waals surface area contributed by atoms with Crippen molar-refractivity contribution in [2.75, 3.05) is 4.90 Å². The molecule has 0 spiro atoms. The Bertz CT molecular complexity index is 2280. The van der Waals surface area contributed by atoms with Crippen LogP contribution in [-0.4, -0.2) is 20.6 Å². The number of para-hydroxylation sites is 2. The van der Waals surface area contributed by atoms with Gasteiger partial charge in [-0.25, -0.2) is 9.97 Å². The van der Waals surface area contributed by atoms with Gasteiger partial charge in [-0.15, -0.1) is 35.2 Å². The summed E-state index contributed by atoms with van der Waals surface area (Å²) in [6.45, 7) is 0. The fraction of sp³-hybridized carbons (Fsp3) is 0.0500. The van der Waals surface area contributed by atoms with Gasteiger partial charge in [0.2, 0.25) is 5.88 Å². The van der Waals surface area contributed by atoms with E-state index in [9.17, 15) is 0 Å². The number of hydrogen-bond donors (Lipinski definition) is 0. The predicted molar refractivity (Wildman–Crippen MR) is 181 cm³/mol. The first kappa shape index (κ1) is 29.0. The summed E-state index contributed by atoms with van der Waals surface area (Å²) < 4.78 is 15.2. The van der Waals surface area contributed by atoms with Crippen LogP contribution in [0, 0.1) is 12.1 Å². The van der Waals surface area contributed by atoms with Crippen LogP contribution in [0.25, 0.3) is 27.6 Å². The largest absolute Gasteiger partial charge is 2.00 e. The van der Waals surface area contributed by atoms with Crippen LogP contribution < -0.4 is 14.4 Å². The minimum atomic E-state index is -0.118. The number of ether oxygens (including phenoxy) is 2. The summed E-state index contributed by atoms with van der Waals surface area (Å²) in [6.07, 6.45) is 11.8. The second kappa shape index (κ2) is 12.0. The predicted octanol–water partition coefficient (Wildman–Crippen LogP) is 9.40. The van der Waals surface area contributed by atoms with E-state index < -0.39 is 0 Å². The van der Waals surface area contributed by atoms with E-state index in [1.807, 2.05) is 72.9 Å². The van der Waals surface area contributed by atoms with Crippen LogP contribution >= 0.6 is 0 Å². The summed E-state index contributed by atoms with van der Waals surface area (Å²) in [7, 11) is 0. The van der Waals surface area contributed by atoms with Crippen LogP contribution in [0.15, 0.2) is 146 Å². The average Bonchev–Trinajstić information content (AvgIpc) is 3.65. The zero-order valence-electron chi connectivity index (χ0n) is 24.9. The van der Waals surface area contributed by atoms with Gasteiger partial charge in [0.05, 0.1) is 0 Å². The summed E-state index contributed by atoms with van der Waals surface area (Å²) in [6, 6.07) is 43.9. The molecule has 2 aliphatic rings. The van der Waals surface area contributed by atoms with Crippen molar-refractivity contribution < 1.29 is 30.5 Å². The molecule has 1 aliphatic carbocycles. The summed E-state index contributed by atoms with van der Waals surface area (Å²) in [5.41, 5.74) is 5.54. The van der Waals surface area contributed by atoms with Crippen molar-refractivity contribution in [3.05, 3.63) is 164 Å². The van der Waals surface area contributed by atoms with Crippen LogP contribution in [0.1, 0.15) is 11.5 Å². The maximum atomic E-state index is 6.69. The number of benzene rings is 4. The smallest absolute Gasteiger partial charge is 0.542 e. The van der Waals surface area contributed by atoms with Crippen molar-refractivity contribution in [1.82, 2.24) is 14.5 Å². The third-order valence-electron chi connectivity index (χ3n) is 8.48. The zero-order valence-corrected chi connectivity index (χ0v) is 27.2. The van der Waals surface area contributed by atoms with Crippen LogP contribution in [0.2, 0.25) is 0 Å². The first-order valence-corrected chi connectivity index (χ1v) is 15.2. The SMILES string of the molecule is [Pt+2].[c-]1c(Oc2ccccn2)cc2c(c1N(c1[c-]c3c(cc1)c1ccccc1n3-c1ccccn1)c1ccccc1)OC1C=CC=CC21. The number of hydrogen-bond acceptors (Lipinski definition) is 5. The Kier molecular flexibility index (Phi) is 7.43. The Morgan fingerprint density at radius 2 is 1.53 bits per heavy atom. The van der Waals surface area contributed by atoms with Gasteiger partial charge < -0.3 is 18.9 Å². The summed E-state index contributed by atoms with van der Waals surface area (Å²) in [5.74, 6) is 2.71. The fourth-order valence-electron chi connectivity index (χ4n) is 6.48. The van der Waals surface area contributed by atoms with Crippen molar-refractivity contribution in [2.45, 2.75) is 12.0 Å². The van der Waals surface area contributed by atoms with Gasteiger partial charge in [0.1, 0.15) is 11.9 Å². The molecular weight excluding hydrogens is 764 g/mol. The van der Waals surface area contributed by atoms with Gasteiger partial charge in [0, 0.05) is 47.1 Å². The minimum absolute atomic E-state index is 0. The molecule has 3 aromatic heterocycles. The molecule has 0 N–H and O–H groups in total. The molecule has 1 aliphatic heterocycles. The molecule has 0 saturated heterocycles. The van der Waals surface area contributed by atoms with Crippen LogP contribution in [-0.2, 0) is 21.1 Å². The van der Waals surface area contributed by atoms with E-state index in [1.54, 1.807) is 6.20 Å². The molecule has 47 heavy (non-hydrogen) atoms. The van der Waals surface area contributed by atoms with Gasteiger partial charge in [-0.05, 0) is 53.5 Å². The molecule has 0 fully saturated rings. The number of anilines is 3. The van der Waals surface area contributed by atoms with E-state index in [0.717, 1.165) is 56.0 Å². The van der Waals surface area contributed by atoms with Crippen LogP contribution in [0.5, 0.6) is 17.4 Å². The molecule has 2 atom stereocenters. The van der Waals surface area contributed by atoms with Gasteiger partial charge in [-0.2, -0.15) is 6.07 Å². The van der Waals surface area contributed by atoms with Gasteiger partial charge in [0.15, 0.2) is 0 Å². The molecular formula is C40H26N4O2Pt. The Morgan fingerprint density at radius 3 is 2.36 bits per heavy atom. The van der Waals surface area contributed by atoms with Gasteiger partial charge >= 0.3 is 21.1 Å². The molecule has 6 nitrogen and oxygen atoms in total. The Hall–Kier alpha value is -5.45. The van der Waals surface area contributed by atoms with E-state index in [1.165, 1.54) is 0 Å². The molecule has 0 bridgehead atoms. The maximum absolute atomic E-state index is 6.69. The number of pyridine rings is 2. The van der Waals surface area contributed by atoms with Crippen molar-refractivity contribution in [3.63, 3.8) is 0 Å². The second-order valence-electron chi connectivity index (χ2n) is 11.2. The third-order valence-corrected chi connectivity index (χ3v) is 8.48. The van der Waals surface area contributed by atoms with Crippen molar-refractivity contribution in [2.24, 2.45) is 0 Å². The van der Waals surface area contributed by atoms with E-state index >= 15 is 0 Å². The standard InChI is InChI=1S/C40H26N4O2.Pt/c1-2-12-27(13-3-1)43(28-20-21-31-30-14-4-6-16-34(30)44(35(31)24-28)38-18-8-10-22-41-38)36-26-29(45-39-19-9-11-23-42-39)25-33-32-15-5-7-17-37(32)46-40(33)36;/h1-23,25,32,37H;/q-2;+2. The molecule has 228 valence electrons. The van der Waals surface area contributed by atoms with E-state index in [0.29, 0.717) is 11.6 Å². The molecule has 7 heteroatoms. The molecule has 4 aromatic carbocycles. The van der Waals surface area contributed by atoms with Crippen LogP contribution in [0.4, 0.5) is 17.1 Å². The van der Waals surface area contributed by atoms with Crippen molar-refractivity contribution in [3.8, 4) is 23.2 Å². The monoisotopic (exact) mass is 789 g/mol. The van der Waals surface area contributed by atoms with Gasteiger partial charge in [-0.3, -0.25) is 0 Å². The topological polar surface area (TPSA) is 52.4 Å². The van der Waals surface area contributed by atoms with Crippen molar-refractivity contribution >= 4 is 38.9 Å². The molecule has 0 amide bonds. The average molecular weight is 790 g/mol. The fourth-order valence-corrected chi connectivity index (χ4v) is 6.48. The zero-order chi connectivity index (χ0) is 30.5. The van der Waals surface area contributed by atoms with E-state index in [-0.39, 0.29) is 33.1 Å². The first-order chi connectivity index (χ1) is 22.8. The number of rotatable bonds is 6. The third kappa shape index (κ3) is 5.02. The van der Waals surface area contributed by atoms with Gasteiger partial charge in [0.25, 0.3) is 0 Å². The first-order valence-electron chi connectivity index (χ1n) is 15.2. The normalized spacial score (nSPS) is 15.9. The number of aromatic nitrogens is 3. The molecule has 2 unspecified atom stereocenters. The molecule has 4 heterocycles. The second-order valence-corrected chi connectivity index (χ2v) is 11.2. The molecule has 7 aromatic rings. The van der Waals surface area contributed by atoms with E-state index in [2.05, 4.69) is 93.3 Å². The van der Waals surface area contributed by atoms with Gasteiger partial charge in [-0.1, -0.05) is 78.0 Å². The molecule has 0 radical (unpaired) electrons. The quantitative estimate of drug-likeness (QED) is 0.157. The summed E-state index contributed by atoms with van der Waals surface area (Å²) >= 11 is 0. The number of nitrogens with zero attached hydrogens (tertiary/aromatic N) is 4. The van der Waals surface area contributed by atoms with Crippen LogP contribution in [0.3, 0.4) is 0 Å². The molecule has 0 saturated carbocycles. The Balaban J connectivity index is 0.00000324. The Morgan fingerprint density at radius 1 is 0.745 bits per heavy atom. The minimum Gasteiger partial charge on any atom is -0.542 e. The maximum Gasteiger partial charge on any atom is 2.00 e. The van der Waals surface area contributed by atoms with E-state index in [4.69, 9.17) is 14.5 Å². The molecule has 9 rings (SSSR count). The number of fused-ring (bicyclic) bond motifs is 6. The Labute approximate surface area is 286 Å².